The molecular formula is C18H16N2O2S. The summed E-state index contributed by atoms with van der Waals surface area (Å²) in [6.45, 7) is -0.0131. The van der Waals surface area contributed by atoms with Crippen molar-refractivity contribution in [3.05, 3.63) is 66.0 Å². The first-order valence-corrected chi connectivity index (χ1v) is 8.07. The van der Waals surface area contributed by atoms with E-state index >= 15 is 0 Å². The summed E-state index contributed by atoms with van der Waals surface area (Å²) in [4.78, 5) is 18.3. The Morgan fingerprint density at radius 1 is 1.09 bits per heavy atom. The smallest absolute Gasteiger partial charge is 0.266 e. The van der Waals surface area contributed by atoms with E-state index in [-0.39, 0.29) is 12.5 Å². The lowest BCUT2D eigenvalue weighted by atomic mass is 10.2. The zero-order chi connectivity index (χ0) is 16.1. The second kappa shape index (κ2) is 7.07. The normalized spacial score (nSPS) is 10.3. The highest BCUT2D eigenvalue weighted by molar-refractivity contribution is 7.14. The summed E-state index contributed by atoms with van der Waals surface area (Å²) >= 11 is 1.44. The van der Waals surface area contributed by atoms with E-state index in [9.17, 15) is 4.79 Å². The average Bonchev–Trinajstić information content (AvgIpc) is 3.11. The van der Waals surface area contributed by atoms with Gasteiger partial charge in [0, 0.05) is 18.0 Å². The van der Waals surface area contributed by atoms with Crippen LogP contribution in [0.1, 0.15) is 0 Å². The van der Waals surface area contributed by atoms with Crippen molar-refractivity contribution >= 4 is 22.4 Å². The van der Waals surface area contributed by atoms with E-state index in [1.807, 2.05) is 66.0 Å². The maximum Gasteiger partial charge on any atom is 0.266 e. The first kappa shape index (κ1) is 15.2. The Morgan fingerprint density at radius 2 is 1.74 bits per heavy atom. The number of nitrogens with zero attached hydrogens (tertiary/aromatic N) is 2. The van der Waals surface area contributed by atoms with Crippen molar-refractivity contribution in [1.29, 1.82) is 0 Å². The zero-order valence-electron chi connectivity index (χ0n) is 12.7. The Bertz CT molecular complexity index is 772. The van der Waals surface area contributed by atoms with Crippen LogP contribution in [-0.4, -0.2) is 24.5 Å². The SMILES string of the molecule is CN(C(=O)COc1ccccc1)c1nc(-c2ccccc2)cs1. The largest absolute Gasteiger partial charge is 0.484 e. The fourth-order valence-corrected chi connectivity index (χ4v) is 2.84. The Kier molecular flexibility index (Phi) is 4.68. The van der Waals surface area contributed by atoms with Crippen LogP contribution in [0.4, 0.5) is 5.13 Å². The van der Waals surface area contributed by atoms with Crippen molar-refractivity contribution in [3.63, 3.8) is 0 Å². The average molecular weight is 324 g/mol. The topological polar surface area (TPSA) is 42.4 Å². The van der Waals surface area contributed by atoms with Crippen molar-refractivity contribution < 1.29 is 9.53 Å². The fourth-order valence-electron chi connectivity index (χ4n) is 2.03. The first-order valence-electron chi connectivity index (χ1n) is 7.19. The van der Waals surface area contributed by atoms with Crippen LogP contribution in [0.2, 0.25) is 0 Å². The van der Waals surface area contributed by atoms with E-state index in [4.69, 9.17) is 4.74 Å². The molecular weight excluding hydrogens is 308 g/mol. The van der Waals surface area contributed by atoms with Gasteiger partial charge >= 0.3 is 0 Å². The molecule has 5 heteroatoms. The second-order valence-electron chi connectivity index (χ2n) is 4.94. The minimum atomic E-state index is -0.136. The molecule has 3 rings (SSSR count). The highest BCUT2D eigenvalue weighted by atomic mass is 32.1. The van der Waals surface area contributed by atoms with Crippen LogP contribution in [0.3, 0.4) is 0 Å². The number of aromatic nitrogens is 1. The van der Waals surface area contributed by atoms with Gasteiger partial charge in [0.2, 0.25) is 0 Å². The third-order valence-electron chi connectivity index (χ3n) is 3.33. The third kappa shape index (κ3) is 3.76. The van der Waals surface area contributed by atoms with Crippen molar-refractivity contribution in [1.82, 2.24) is 4.98 Å². The molecule has 0 fully saturated rings. The molecule has 0 bridgehead atoms. The lowest BCUT2D eigenvalue weighted by molar-refractivity contribution is -0.120. The molecule has 2 aromatic carbocycles. The summed E-state index contributed by atoms with van der Waals surface area (Å²) in [6, 6.07) is 19.2. The van der Waals surface area contributed by atoms with Gasteiger partial charge in [0.1, 0.15) is 5.75 Å². The summed E-state index contributed by atoms with van der Waals surface area (Å²) in [6.07, 6.45) is 0. The molecule has 3 aromatic rings. The van der Waals surface area contributed by atoms with E-state index in [1.54, 1.807) is 7.05 Å². The molecule has 4 nitrogen and oxygen atoms in total. The van der Waals surface area contributed by atoms with E-state index in [0.717, 1.165) is 11.3 Å². The number of hydrogen-bond donors (Lipinski definition) is 0. The van der Waals surface area contributed by atoms with Gasteiger partial charge in [0.15, 0.2) is 11.7 Å². The van der Waals surface area contributed by atoms with Gasteiger partial charge in [0.05, 0.1) is 5.69 Å². The number of thiazole rings is 1. The molecule has 1 amide bonds. The zero-order valence-corrected chi connectivity index (χ0v) is 13.5. The van der Waals surface area contributed by atoms with Gasteiger partial charge in [-0.3, -0.25) is 9.69 Å². The van der Waals surface area contributed by atoms with Crippen molar-refractivity contribution in [2.24, 2.45) is 0 Å². The number of rotatable bonds is 5. The minimum Gasteiger partial charge on any atom is -0.484 e. The summed E-state index contributed by atoms with van der Waals surface area (Å²) in [5, 5.41) is 2.61. The molecule has 0 unspecified atom stereocenters. The summed E-state index contributed by atoms with van der Waals surface area (Å²) in [7, 11) is 1.71. The molecule has 0 spiro atoms. The number of hydrogen-bond acceptors (Lipinski definition) is 4. The number of para-hydroxylation sites is 1. The van der Waals surface area contributed by atoms with E-state index < -0.39 is 0 Å². The van der Waals surface area contributed by atoms with E-state index in [1.165, 1.54) is 16.2 Å². The number of amides is 1. The second-order valence-corrected chi connectivity index (χ2v) is 5.77. The predicted octanol–water partition coefficient (Wildman–Crippen LogP) is 3.85. The van der Waals surface area contributed by atoms with E-state index in [0.29, 0.717) is 10.9 Å². The Labute approximate surface area is 139 Å². The van der Waals surface area contributed by atoms with Gasteiger partial charge in [-0.1, -0.05) is 48.5 Å². The summed E-state index contributed by atoms with van der Waals surface area (Å²) in [5.41, 5.74) is 1.91. The number of likely N-dealkylation sites (N-methyl/N-ethyl adjacent to an activating group) is 1. The van der Waals surface area contributed by atoms with Gasteiger partial charge in [-0.15, -0.1) is 11.3 Å². The summed E-state index contributed by atoms with van der Waals surface area (Å²) < 4.78 is 5.49. The lowest BCUT2D eigenvalue weighted by Gasteiger charge is -2.14. The van der Waals surface area contributed by atoms with Crippen LogP contribution in [-0.2, 0) is 4.79 Å². The molecule has 0 aliphatic rings. The minimum absolute atomic E-state index is 0.0131. The number of ether oxygens (including phenoxy) is 1. The molecule has 0 N–H and O–H groups in total. The quantitative estimate of drug-likeness (QED) is 0.716. The first-order chi connectivity index (χ1) is 11.2. The molecule has 0 radical (unpaired) electrons. The van der Waals surface area contributed by atoms with Crippen LogP contribution in [0.5, 0.6) is 5.75 Å². The summed E-state index contributed by atoms with van der Waals surface area (Å²) in [5.74, 6) is 0.543. The van der Waals surface area contributed by atoms with Crippen LogP contribution >= 0.6 is 11.3 Å². The van der Waals surface area contributed by atoms with Crippen LogP contribution in [0.25, 0.3) is 11.3 Å². The van der Waals surface area contributed by atoms with E-state index in [2.05, 4.69) is 4.98 Å². The third-order valence-corrected chi connectivity index (χ3v) is 4.25. The Hall–Kier alpha value is -2.66. The number of carbonyl (C=O) groups excluding carboxylic acids is 1. The van der Waals surface area contributed by atoms with Crippen molar-refractivity contribution in [3.8, 4) is 17.0 Å². The molecule has 1 aromatic heterocycles. The number of anilines is 1. The number of carbonyl (C=O) groups is 1. The van der Waals surface area contributed by atoms with Gasteiger partial charge in [0.25, 0.3) is 5.91 Å². The number of benzene rings is 2. The molecule has 116 valence electrons. The fraction of sp³-hybridized carbons (Fsp3) is 0.111. The van der Waals surface area contributed by atoms with Gasteiger partial charge in [-0.05, 0) is 12.1 Å². The molecule has 0 saturated heterocycles. The molecule has 23 heavy (non-hydrogen) atoms. The van der Waals surface area contributed by atoms with Crippen molar-refractivity contribution in [2.45, 2.75) is 0 Å². The maximum absolute atomic E-state index is 12.2. The van der Waals surface area contributed by atoms with Crippen LogP contribution in [0, 0.1) is 0 Å². The Morgan fingerprint density at radius 3 is 2.43 bits per heavy atom. The lowest BCUT2D eigenvalue weighted by Crippen LogP contribution is -2.31. The molecule has 0 saturated carbocycles. The highest BCUT2D eigenvalue weighted by Gasteiger charge is 2.15. The van der Waals surface area contributed by atoms with Crippen LogP contribution in [0.15, 0.2) is 66.0 Å². The maximum atomic E-state index is 12.2. The van der Waals surface area contributed by atoms with Crippen molar-refractivity contribution in [2.75, 3.05) is 18.6 Å². The molecule has 0 aliphatic heterocycles. The standard InChI is InChI=1S/C18H16N2O2S/c1-20(17(21)12-22-15-10-6-3-7-11-15)18-19-16(13-23-18)14-8-4-2-5-9-14/h2-11,13H,12H2,1H3. The van der Waals surface area contributed by atoms with Gasteiger partial charge in [-0.2, -0.15) is 0 Å². The Balaban J connectivity index is 1.65. The molecule has 0 atom stereocenters. The van der Waals surface area contributed by atoms with Gasteiger partial charge < -0.3 is 4.74 Å². The molecule has 0 aliphatic carbocycles. The monoisotopic (exact) mass is 324 g/mol. The molecule has 1 heterocycles. The highest BCUT2D eigenvalue weighted by Crippen LogP contribution is 2.26. The van der Waals surface area contributed by atoms with Crippen LogP contribution < -0.4 is 9.64 Å². The van der Waals surface area contributed by atoms with Gasteiger partial charge in [-0.25, -0.2) is 4.98 Å². The predicted molar refractivity (Wildman–Crippen MR) is 92.9 cm³/mol.